The van der Waals surface area contributed by atoms with Crippen molar-refractivity contribution in [3.63, 3.8) is 0 Å². The first kappa shape index (κ1) is 15.1. The molecule has 5 nitrogen and oxygen atoms in total. The first-order valence-corrected chi connectivity index (χ1v) is 7.15. The van der Waals surface area contributed by atoms with Crippen LogP contribution in [0.1, 0.15) is 18.2 Å². The summed E-state index contributed by atoms with van der Waals surface area (Å²) in [5, 5.41) is 2.00. The molecule has 0 unspecified atom stereocenters. The predicted octanol–water partition coefficient (Wildman–Crippen LogP) is 2.42. The van der Waals surface area contributed by atoms with Crippen molar-refractivity contribution >= 4 is 28.1 Å². The first-order chi connectivity index (χ1) is 10.1. The molecule has 0 radical (unpaired) electrons. The zero-order valence-corrected chi connectivity index (χ0v) is 12.2. The number of nitrogen functional groups attached to an aromatic ring is 1. The van der Waals surface area contributed by atoms with Crippen molar-refractivity contribution in [3.8, 4) is 0 Å². The molecule has 21 heavy (non-hydrogen) atoms. The standard InChI is InChI=1S/C14H14FN3O2S/c1-2-20-13(19)12(11-8-21-14(16)18-11)17-7-9-3-5-10(15)6-4-9/h3-6,8H,2,7H2,1H3,(H2,16,18). The van der Waals surface area contributed by atoms with E-state index in [2.05, 4.69) is 9.98 Å². The SMILES string of the molecule is CCOC(=O)C(=NCc1ccc(F)cc1)c1csc(N)n1. The smallest absolute Gasteiger partial charge is 0.358 e. The number of aromatic nitrogens is 1. The second kappa shape index (κ2) is 6.94. The molecule has 0 saturated carbocycles. The number of nitrogens with zero attached hydrogens (tertiary/aromatic N) is 2. The molecule has 2 rings (SSSR count). The number of nitrogens with two attached hydrogens (primary N) is 1. The summed E-state index contributed by atoms with van der Waals surface area (Å²) in [6.07, 6.45) is 0. The van der Waals surface area contributed by atoms with Gasteiger partial charge in [-0.25, -0.2) is 14.2 Å². The number of hydrogen-bond donors (Lipinski definition) is 1. The average Bonchev–Trinajstić information content (AvgIpc) is 2.88. The van der Waals surface area contributed by atoms with Crippen molar-refractivity contribution in [1.82, 2.24) is 4.98 Å². The highest BCUT2D eigenvalue weighted by Crippen LogP contribution is 2.14. The van der Waals surface area contributed by atoms with Crippen molar-refractivity contribution in [1.29, 1.82) is 0 Å². The van der Waals surface area contributed by atoms with Crippen LogP contribution in [0.2, 0.25) is 0 Å². The van der Waals surface area contributed by atoms with E-state index in [1.54, 1.807) is 24.4 Å². The van der Waals surface area contributed by atoms with E-state index < -0.39 is 5.97 Å². The Balaban J connectivity index is 2.24. The van der Waals surface area contributed by atoms with E-state index in [1.807, 2.05) is 0 Å². The van der Waals surface area contributed by atoms with Crippen LogP contribution in [0.5, 0.6) is 0 Å². The highest BCUT2D eigenvalue weighted by Gasteiger charge is 2.18. The number of carbonyl (C=O) groups is 1. The van der Waals surface area contributed by atoms with Gasteiger partial charge in [0.05, 0.1) is 13.2 Å². The van der Waals surface area contributed by atoms with E-state index in [4.69, 9.17) is 10.5 Å². The molecule has 0 atom stereocenters. The second-order valence-electron chi connectivity index (χ2n) is 4.08. The molecule has 0 amide bonds. The molecule has 0 aliphatic rings. The van der Waals surface area contributed by atoms with Crippen LogP contribution in [0.25, 0.3) is 0 Å². The Hall–Kier alpha value is -2.28. The van der Waals surface area contributed by atoms with Gasteiger partial charge >= 0.3 is 5.97 Å². The van der Waals surface area contributed by atoms with Gasteiger partial charge in [0.1, 0.15) is 11.5 Å². The lowest BCUT2D eigenvalue weighted by molar-refractivity contribution is -0.134. The molecule has 2 N–H and O–H groups in total. The quantitative estimate of drug-likeness (QED) is 0.679. The fourth-order valence-electron chi connectivity index (χ4n) is 1.61. The number of anilines is 1. The summed E-state index contributed by atoms with van der Waals surface area (Å²) in [7, 11) is 0. The van der Waals surface area contributed by atoms with E-state index in [-0.39, 0.29) is 24.7 Å². The first-order valence-electron chi connectivity index (χ1n) is 6.27. The summed E-state index contributed by atoms with van der Waals surface area (Å²) in [4.78, 5) is 20.2. The Morgan fingerprint density at radius 2 is 2.14 bits per heavy atom. The minimum absolute atomic E-state index is 0.120. The van der Waals surface area contributed by atoms with Gasteiger partial charge in [0, 0.05) is 5.38 Å². The Labute approximate surface area is 125 Å². The second-order valence-corrected chi connectivity index (χ2v) is 4.97. The lowest BCUT2D eigenvalue weighted by Crippen LogP contribution is -2.19. The maximum Gasteiger partial charge on any atom is 0.358 e. The van der Waals surface area contributed by atoms with E-state index >= 15 is 0 Å². The van der Waals surface area contributed by atoms with Crippen molar-refractivity contribution < 1.29 is 13.9 Å². The van der Waals surface area contributed by atoms with Crippen molar-refractivity contribution in [2.24, 2.45) is 4.99 Å². The zero-order valence-electron chi connectivity index (χ0n) is 11.4. The number of rotatable bonds is 5. The van der Waals surface area contributed by atoms with Gasteiger partial charge in [0.2, 0.25) is 0 Å². The molecule has 110 valence electrons. The number of carbonyl (C=O) groups excluding carboxylic acids is 1. The topological polar surface area (TPSA) is 77.6 Å². The highest BCUT2D eigenvalue weighted by atomic mass is 32.1. The monoisotopic (exact) mass is 307 g/mol. The van der Waals surface area contributed by atoms with E-state index in [0.29, 0.717) is 10.8 Å². The predicted molar refractivity (Wildman–Crippen MR) is 79.8 cm³/mol. The summed E-state index contributed by atoms with van der Waals surface area (Å²) in [6.45, 7) is 2.19. The van der Waals surface area contributed by atoms with Gasteiger partial charge in [-0.1, -0.05) is 12.1 Å². The lowest BCUT2D eigenvalue weighted by atomic mass is 10.2. The van der Waals surface area contributed by atoms with Crippen LogP contribution in [0, 0.1) is 5.82 Å². The van der Waals surface area contributed by atoms with Gasteiger partial charge in [-0.05, 0) is 24.6 Å². The Morgan fingerprint density at radius 1 is 1.43 bits per heavy atom. The van der Waals surface area contributed by atoms with Gasteiger partial charge in [0.25, 0.3) is 0 Å². The maximum atomic E-state index is 12.8. The fraction of sp³-hybridized carbons (Fsp3) is 0.214. The Morgan fingerprint density at radius 3 is 2.71 bits per heavy atom. The van der Waals surface area contributed by atoms with Crippen molar-refractivity contribution in [3.05, 3.63) is 46.7 Å². The molecule has 7 heteroatoms. The molecule has 0 bridgehead atoms. The van der Waals surface area contributed by atoms with Crippen LogP contribution in [0.15, 0.2) is 34.6 Å². The summed E-state index contributed by atoms with van der Waals surface area (Å²) in [5.41, 5.74) is 6.86. The van der Waals surface area contributed by atoms with Gasteiger partial charge in [-0.3, -0.25) is 4.99 Å². The van der Waals surface area contributed by atoms with Crippen LogP contribution >= 0.6 is 11.3 Å². The summed E-state index contributed by atoms with van der Waals surface area (Å²) in [6, 6.07) is 5.90. The van der Waals surface area contributed by atoms with Crippen LogP contribution in [0.4, 0.5) is 9.52 Å². The molecule has 1 aromatic heterocycles. The zero-order chi connectivity index (χ0) is 15.2. The number of esters is 1. The normalized spacial score (nSPS) is 11.4. The van der Waals surface area contributed by atoms with Gasteiger partial charge in [-0.15, -0.1) is 11.3 Å². The number of halogens is 1. The number of thiazole rings is 1. The molecule has 0 aliphatic carbocycles. The highest BCUT2D eigenvalue weighted by molar-refractivity contribution is 7.13. The van der Waals surface area contributed by atoms with Gasteiger partial charge < -0.3 is 10.5 Å². The molecule has 1 heterocycles. The number of hydrogen-bond acceptors (Lipinski definition) is 6. The molecule has 1 aromatic carbocycles. The maximum absolute atomic E-state index is 12.8. The van der Waals surface area contributed by atoms with Crippen LogP contribution in [0.3, 0.4) is 0 Å². The molecule has 2 aromatic rings. The molecule has 0 aliphatic heterocycles. The minimum atomic E-state index is -0.551. The fourth-order valence-corrected chi connectivity index (χ4v) is 2.15. The summed E-state index contributed by atoms with van der Waals surface area (Å²) < 4.78 is 17.8. The third-order valence-electron chi connectivity index (χ3n) is 2.57. The molecular formula is C14H14FN3O2S. The Kier molecular flexibility index (Phi) is 4.99. The molecule has 0 spiro atoms. The molecule has 0 saturated heterocycles. The van der Waals surface area contributed by atoms with Crippen LogP contribution < -0.4 is 5.73 Å². The van der Waals surface area contributed by atoms with Crippen LogP contribution in [-0.4, -0.2) is 23.3 Å². The van der Waals surface area contributed by atoms with Gasteiger partial charge in [-0.2, -0.15) is 0 Å². The number of aliphatic imine (C=N–C) groups is 1. The summed E-state index contributed by atoms with van der Waals surface area (Å²) in [5.74, 6) is -0.870. The third kappa shape index (κ3) is 4.09. The third-order valence-corrected chi connectivity index (χ3v) is 3.24. The average molecular weight is 307 g/mol. The van der Waals surface area contributed by atoms with E-state index in [1.165, 1.54) is 23.5 Å². The van der Waals surface area contributed by atoms with E-state index in [0.717, 1.165) is 5.56 Å². The minimum Gasteiger partial charge on any atom is -0.461 e. The van der Waals surface area contributed by atoms with Crippen molar-refractivity contribution in [2.75, 3.05) is 12.3 Å². The molecular weight excluding hydrogens is 293 g/mol. The van der Waals surface area contributed by atoms with E-state index in [9.17, 15) is 9.18 Å². The van der Waals surface area contributed by atoms with Gasteiger partial charge in [0.15, 0.2) is 10.8 Å². The summed E-state index contributed by atoms with van der Waals surface area (Å²) >= 11 is 1.22. The molecule has 0 fully saturated rings. The Bertz CT molecular complexity index is 652. The van der Waals surface area contributed by atoms with Crippen molar-refractivity contribution in [2.45, 2.75) is 13.5 Å². The van der Waals surface area contributed by atoms with Crippen LogP contribution in [-0.2, 0) is 16.1 Å². The lowest BCUT2D eigenvalue weighted by Gasteiger charge is -2.04. The largest absolute Gasteiger partial charge is 0.461 e. The number of benzene rings is 1. The number of ether oxygens (including phenoxy) is 1.